The molecular formula is C35H34N6O4. The number of hydrogen-bond acceptors (Lipinski definition) is 7. The number of para-hydroxylation sites is 1. The van der Waals surface area contributed by atoms with E-state index in [1.165, 1.54) is 16.5 Å². The molecule has 1 aliphatic heterocycles. The molecule has 0 bridgehead atoms. The minimum absolute atomic E-state index is 0.0932. The monoisotopic (exact) mass is 602 g/mol. The minimum atomic E-state index is -1.02. The molecule has 2 amide bonds. The second-order valence-electron chi connectivity index (χ2n) is 10.9. The molecular weight excluding hydrogens is 568 g/mol. The Balaban J connectivity index is 1.40. The van der Waals surface area contributed by atoms with Gasteiger partial charge in [0, 0.05) is 36.6 Å². The Hall–Kier alpha value is -5.35. The first kappa shape index (κ1) is 29.7. The summed E-state index contributed by atoms with van der Waals surface area (Å²) in [5.74, 6) is -0.798. The zero-order valence-electron chi connectivity index (χ0n) is 25.0. The van der Waals surface area contributed by atoms with Gasteiger partial charge < -0.3 is 15.0 Å². The third kappa shape index (κ3) is 6.76. The Morgan fingerprint density at radius 2 is 1.56 bits per heavy atom. The van der Waals surface area contributed by atoms with Crippen molar-refractivity contribution in [3.63, 3.8) is 0 Å². The summed E-state index contributed by atoms with van der Waals surface area (Å²) in [4.78, 5) is 44.3. The predicted molar refractivity (Wildman–Crippen MR) is 172 cm³/mol. The summed E-state index contributed by atoms with van der Waals surface area (Å²) in [7, 11) is 0. The van der Waals surface area contributed by atoms with Crippen LogP contribution >= 0.6 is 0 Å². The largest absolute Gasteiger partial charge is 0.378 e. The molecule has 1 aliphatic rings. The predicted octanol–water partition coefficient (Wildman–Crippen LogP) is 4.56. The zero-order valence-corrected chi connectivity index (χ0v) is 25.0. The van der Waals surface area contributed by atoms with E-state index in [0.717, 1.165) is 24.3 Å². The lowest BCUT2D eigenvalue weighted by atomic mass is 10.0. The van der Waals surface area contributed by atoms with E-state index in [9.17, 15) is 14.4 Å². The average Bonchev–Trinajstić information content (AvgIpc) is 3.49. The molecule has 10 heteroatoms. The Labute approximate surface area is 261 Å². The van der Waals surface area contributed by atoms with Crippen molar-refractivity contribution >= 4 is 40.0 Å². The molecule has 5 aromatic rings. The van der Waals surface area contributed by atoms with Crippen LogP contribution in [0.25, 0.3) is 11.0 Å². The molecule has 45 heavy (non-hydrogen) atoms. The van der Waals surface area contributed by atoms with E-state index in [1.807, 2.05) is 78.9 Å². The number of Topliss-reactive ketones (excluding diaryl/α,β-unsaturated/α-hetero) is 1. The van der Waals surface area contributed by atoms with Crippen LogP contribution in [0.2, 0.25) is 0 Å². The lowest BCUT2D eigenvalue weighted by Gasteiger charge is -2.32. The summed E-state index contributed by atoms with van der Waals surface area (Å²) in [5, 5.41) is 11.5. The number of nitrogens with zero attached hydrogens (tertiary/aromatic N) is 5. The summed E-state index contributed by atoms with van der Waals surface area (Å²) in [6.45, 7) is 4.50. The quantitative estimate of drug-likeness (QED) is 0.234. The first-order valence-electron chi connectivity index (χ1n) is 14.9. The number of morpholine rings is 1. The highest BCUT2D eigenvalue weighted by atomic mass is 16.5. The number of nitrogens with one attached hydrogen (secondary N) is 1. The average molecular weight is 603 g/mol. The molecule has 10 nitrogen and oxygen atoms in total. The molecule has 1 unspecified atom stereocenters. The third-order valence-corrected chi connectivity index (χ3v) is 7.93. The van der Waals surface area contributed by atoms with Crippen molar-refractivity contribution in [2.75, 3.05) is 36.1 Å². The maximum atomic E-state index is 14.3. The van der Waals surface area contributed by atoms with Crippen molar-refractivity contribution in [1.29, 1.82) is 0 Å². The van der Waals surface area contributed by atoms with Crippen molar-refractivity contribution in [3.8, 4) is 0 Å². The third-order valence-electron chi connectivity index (χ3n) is 7.93. The van der Waals surface area contributed by atoms with Crippen LogP contribution in [0.5, 0.6) is 0 Å². The molecule has 2 heterocycles. The fourth-order valence-corrected chi connectivity index (χ4v) is 5.52. The summed E-state index contributed by atoms with van der Waals surface area (Å²) >= 11 is 0. The number of anilines is 2. The van der Waals surface area contributed by atoms with E-state index in [2.05, 4.69) is 20.5 Å². The topological polar surface area (TPSA) is 110 Å². The van der Waals surface area contributed by atoms with Crippen molar-refractivity contribution in [2.45, 2.75) is 26.1 Å². The van der Waals surface area contributed by atoms with Crippen LogP contribution in [0.1, 0.15) is 34.5 Å². The van der Waals surface area contributed by atoms with Crippen molar-refractivity contribution < 1.29 is 19.1 Å². The van der Waals surface area contributed by atoms with Gasteiger partial charge >= 0.3 is 0 Å². The number of rotatable bonds is 10. The molecule has 1 atom stereocenters. The Kier molecular flexibility index (Phi) is 8.93. The Morgan fingerprint density at radius 1 is 0.867 bits per heavy atom. The number of benzene rings is 4. The van der Waals surface area contributed by atoms with Crippen LogP contribution in [-0.4, -0.2) is 58.9 Å². The van der Waals surface area contributed by atoms with Gasteiger partial charge in [-0.1, -0.05) is 59.8 Å². The Bertz CT molecular complexity index is 1780. The van der Waals surface area contributed by atoms with Gasteiger partial charge in [-0.2, -0.15) is 0 Å². The fourth-order valence-electron chi connectivity index (χ4n) is 5.52. The molecule has 6 rings (SSSR count). The smallest absolute Gasteiger partial charge is 0.249 e. The summed E-state index contributed by atoms with van der Waals surface area (Å²) in [5.41, 5.74) is 4.95. The second kappa shape index (κ2) is 13.5. The zero-order chi connectivity index (χ0) is 31.2. The van der Waals surface area contributed by atoms with Crippen molar-refractivity contribution in [3.05, 3.63) is 120 Å². The van der Waals surface area contributed by atoms with Gasteiger partial charge in [-0.25, -0.2) is 4.68 Å². The lowest BCUT2D eigenvalue weighted by molar-refractivity contribution is -0.127. The first-order valence-corrected chi connectivity index (χ1v) is 14.9. The van der Waals surface area contributed by atoms with E-state index in [0.29, 0.717) is 47.6 Å². The van der Waals surface area contributed by atoms with E-state index in [4.69, 9.17) is 4.74 Å². The fraction of sp³-hybridized carbons (Fsp3) is 0.229. The molecule has 4 aromatic carbocycles. The van der Waals surface area contributed by atoms with Gasteiger partial charge in [-0.15, -0.1) is 5.10 Å². The van der Waals surface area contributed by atoms with Gasteiger partial charge in [0.2, 0.25) is 11.8 Å². The number of fused-ring (bicyclic) bond motifs is 1. The van der Waals surface area contributed by atoms with Gasteiger partial charge in [0.05, 0.1) is 18.7 Å². The van der Waals surface area contributed by atoms with Crippen molar-refractivity contribution in [2.24, 2.45) is 0 Å². The van der Waals surface area contributed by atoms with Crippen LogP contribution in [0, 0.1) is 0 Å². The van der Waals surface area contributed by atoms with Gasteiger partial charge in [0.15, 0.2) is 5.78 Å². The number of carbonyl (C=O) groups excluding carboxylic acids is 3. The van der Waals surface area contributed by atoms with Crippen LogP contribution < -0.4 is 15.1 Å². The molecule has 0 aliphatic carbocycles. The lowest BCUT2D eigenvalue weighted by Crippen LogP contribution is -2.45. The molecule has 228 valence electrons. The minimum Gasteiger partial charge on any atom is -0.378 e. The highest BCUT2D eigenvalue weighted by Crippen LogP contribution is 2.31. The van der Waals surface area contributed by atoms with Crippen LogP contribution in [0.3, 0.4) is 0 Å². The van der Waals surface area contributed by atoms with Crippen LogP contribution in [0.15, 0.2) is 103 Å². The van der Waals surface area contributed by atoms with E-state index in [1.54, 1.807) is 24.3 Å². The first-order chi connectivity index (χ1) is 22.0. The van der Waals surface area contributed by atoms with Crippen molar-refractivity contribution in [1.82, 2.24) is 20.3 Å². The maximum Gasteiger partial charge on any atom is 0.249 e. The molecule has 1 N–H and O–H groups in total. The van der Waals surface area contributed by atoms with Gasteiger partial charge in [-0.3, -0.25) is 19.3 Å². The normalized spacial score (nSPS) is 13.8. The van der Waals surface area contributed by atoms with Gasteiger partial charge in [0.25, 0.3) is 0 Å². The number of hydrogen-bond donors (Lipinski definition) is 1. The van der Waals surface area contributed by atoms with Gasteiger partial charge in [0.1, 0.15) is 18.1 Å². The van der Waals surface area contributed by atoms with E-state index in [-0.39, 0.29) is 24.1 Å². The Morgan fingerprint density at radius 3 is 2.27 bits per heavy atom. The molecule has 0 saturated carbocycles. The number of amides is 2. The number of carbonyl (C=O) groups is 3. The maximum absolute atomic E-state index is 14.3. The number of ketones is 1. The van der Waals surface area contributed by atoms with E-state index >= 15 is 0 Å². The highest BCUT2D eigenvalue weighted by molar-refractivity contribution is 6.02. The molecule has 1 aromatic heterocycles. The SMILES string of the molecule is CC(=O)c1ccc(N(C(=O)Cn2nnc3ccccc32)C(C(=O)NCc2ccccc2)c2ccc(N3CCOCC3)cc2)cc1. The molecule has 1 saturated heterocycles. The second-order valence-corrected chi connectivity index (χ2v) is 10.9. The summed E-state index contributed by atoms with van der Waals surface area (Å²) in [6, 6.07) is 30.5. The standard InChI is InChI=1S/C35H34N6O4/c1-25(42)27-11-17-30(18-12-27)41(33(43)24-40-32-10-6-5-9-31(32)37-38-40)34(35(44)36-23-26-7-3-2-4-8-26)28-13-15-29(16-14-28)39-19-21-45-22-20-39/h2-18,34H,19-24H2,1H3,(H,36,44). The molecule has 1 fully saturated rings. The summed E-state index contributed by atoms with van der Waals surface area (Å²) in [6.07, 6.45) is 0. The van der Waals surface area contributed by atoms with Crippen LogP contribution in [-0.2, 0) is 27.4 Å². The van der Waals surface area contributed by atoms with Crippen LogP contribution in [0.4, 0.5) is 11.4 Å². The van der Waals surface area contributed by atoms with E-state index < -0.39 is 6.04 Å². The molecule has 0 radical (unpaired) electrons. The van der Waals surface area contributed by atoms with Gasteiger partial charge in [-0.05, 0) is 66.6 Å². The molecule has 0 spiro atoms. The highest BCUT2D eigenvalue weighted by Gasteiger charge is 2.33. The number of ether oxygens (including phenoxy) is 1. The number of aromatic nitrogens is 3. The summed E-state index contributed by atoms with van der Waals surface area (Å²) < 4.78 is 7.04.